The standard InChI is InChI=1S/C16H13BrClN5OS/c1-10-4-2-3-5-14(10)23-16(20-21-22-23)25-9-15(24)19-13-7-6-11(17)8-12(13)18/h2-8H,9H2,1H3,(H,19,24). The van der Waals surface area contributed by atoms with Crippen molar-refractivity contribution in [3.63, 3.8) is 0 Å². The van der Waals surface area contributed by atoms with Gasteiger partial charge in [0.05, 0.1) is 22.2 Å². The van der Waals surface area contributed by atoms with Crippen molar-refractivity contribution in [2.75, 3.05) is 11.1 Å². The quantitative estimate of drug-likeness (QED) is 0.607. The van der Waals surface area contributed by atoms with Crippen molar-refractivity contribution in [1.82, 2.24) is 20.2 Å². The number of nitrogens with zero attached hydrogens (tertiary/aromatic N) is 4. The topological polar surface area (TPSA) is 72.7 Å². The second kappa shape index (κ2) is 7.99. The fourth-order valence-electron chi connectivity index (χ4n) is 2.13. The van der Waals surface area contributed by atoms with Gasteiger partial charge in [-0.05, 0) is 47.2 Å². The zero-order valence-corrected chi connectivity index (χ0v) is 16.3. The van der Waals surface area contributed by atoms with Crippen LogP contribution in [0.25, 0.3) is 5.69 Å². The van der Waals surface area contributed by atoms with E-state index in [9.17, 15) is 4.79 Å². The highest BCUT2D eigenvalue weighted by molar-refractivity contribution is 9.10. The molecule has 1 N–H and O–H groups in total. The van der Waals surface area contributed by atoms with E-state index < -0.39 is 0 Å². The maximum absolute atomic E-state index is 12.2. The summed E-state index contributed by atoms with van der Waals surface area (Å²) in [7, 11) is 0. The van der Waals surface area contributed by atoms with E-state index in [0.717, 1.165) is 15.7 Å². The lowest BCUT2D eigenvalue weighted by Gasteiger charge is -2.08. The maximum Gasteiger partial charge on any atom is 0.234 e. The molecule has 0 bridgehead atoms. The summed E-state index contributed by atoms with van der Waals surface area (Å²) in [6.07, 6.45) is 0. The van der Waals surface area contributed by atoms with E-state index in [-0.39, 0.29) is 11.7 Å². The van der Waals surface area contributed by atoms with Crippen LogP contribution in [0, 0.1) is 6.92 Å². The highest BCUT2D eigenvalue weighted by Crippen LogP contribution is 2.26. The largest absolute Gasteiger partial charge is 0.324 e. The normalized spacial score (nSPS) is 10.7. The molecule has 0 saturated carbocycles. The monoisotopic (exact) mass is 437 g/mol. The minimum absolute atomic E-state index is 0.165. The highest BCUT2D eigenvalue weighted by Gasteiger charge is 2.13. The van der Waals surface area contributed by atoms with Crippen molar-refractivity contribution in [3.8, 4) is 5.69 Å². The Morgan fingerprint density at radius 3 is 2.88 bits per heavy atom. The number of rotatable bonds is 5. The molecule has 128 valence electrons. The number of tetrazole rings is 1. The SMILES string of the molecule is Cc1ccccc1-n1nnnc1SCC(=O)Nc1ccc(Br)cc1Cl. The van der Waals surface area contributed by atoms with Crippen molar-refractivity contribution in [3.05, 3.63) is 57.5 Å². The van der Waals surface area contributed by atoms with Gasteiger partial charge in [0.15, 0.2) is 0 Å². The summed E-state index contributed by atoms with van der Waals surface area (Å²) in [4.78, 5) is 12.2. The summed E-state index contributed by atoms with van der Waals surface area (Å²) in [5.74, 6) is -0.0212. The zero-order valence-electron chi connectivity index (χ0n) is 13.1. The van der Waals surface area contributed by atoms with E-state index in [4.69, 9.17) is 11.6 Å². The van der Waals surface area contributed by atoms with Gasteiger partial charge in [-0.3, -0.25) is 4.79 Å². The van der Waals surface area contributed by atoms with Crippen molar-refractivity contribution in [1.29, 1.82) is 0 Å². The number of para-hydroxylation sites is 1. The Balaban J connectivity index is 1.67. The molecule has 0 saturated heterocycles. The van der Waals surface area contributed by atoms with Crippen molar-refractivity contribution in [2.24, 2.45) is 0 Å². The molecule has 3 rings (SSSR count). The Bertz CT molecular complexity index is 917. The first-order valence-electron chi connectivity index (χ1n) is 7.26. The van der Waals surface area contributed by atoms with E-state index >= 15 is 0 Å². The number of hydrogen-bond acceptors (Lipinski definition) is 5. The van der Waals surface area contributed by atoms with E-state index in [1.807, 2.05) is 37.3 Å². The summed E-state index contributed by atoms with van der Waals surface area (Å²) in [6, 6.07) is 13.1. The molecule has 1 amide bonds. The molecule has 25 heavy (non-hydrogen) atoms. The second-order valence-electron chi connectivity index (χ2n) is 5.12. The van der Waals surface area contributed by atoms with E-state index in [1.165, 1.54) is 11.8 Å². The Kier molecular flexibility index (Phi) is 5.72. The average molecular weight is 439 g/mol. The third-order valence-electron chi connectivity index (χ3n) is 3.32. The molecule has 0 aliphatic carbocycles. The first-order valence-corrected chi connectivity index (χ1v) is 9.42. The van der Waals surface area contributed by atoms with Crippen LogP contribution in [-0.4, -0.2) is 31.9 Å². The highest BCUT2D eigenvalue weighted by atomic mass is 79.9. The van der Waals surface area contributed by atoms with Crippen molar-refractivity contribution >= 4 is 50.9 Å². The molecule has 0 atom stereocenters. The lowest BCUT2D eigenvalue weighted by atomic mass is 10.2. The number of anilines is 1. The lowest BCUT2D eigenvalue weighted by molar-refractivity contribution is -0.113. The molecule has 3 aromatic rings. The molecule has 0 aliphatic heterocycles. The summed E-state index contributed by atoms with van der Waals surface area (Å²) in [6.45, 7) is 1.98. The Morgan fingerprint density at radius 2 is 2.12 bits per heavy atom. The number of thioether (sulfide) groups is 1. The summed E-state index contributed by atoms with van der Waals surface area (Å²) in [5, 5.41) is 15.5. The predicted molar refractivity (Wildman–Crippen MR) is 102 cm³/mol. The number of nitrogens with one attached hydrogen (secondary N) is 1. The number of aromatic nitrogens is 4. The van der Waals surface area contributed by atoms with Crippen LogP contribution < -0.4 is 5.32 Å². The third-order valence-corrected chi connectivity index (χ3v) is 5.05. The molecule has 0 spiro atoms. The van der Waals surface area contributed by atoms with Gasteiger partial charge in [0.2, 0.25) is 11.1 Å². The fraction of sp³-hybridized carbons (Fsp3) is 0.125. The van der Waals surface area contributed by atoms with Crippen LogP contribution in [0.3, 0.4) is 0 Å². The molecular weight excluding hydrogens is 426 g/mol. The van der Waals surface area contributed by atoms with Gasteiger partial charge in [0.1, 0.15) is 0 Å². The van der Waals surface area contributed by atoms with Crippen LogP contribution in [0.1, 0.15) is 5.56 Å². The first kappa shape index (κ1) is 17.9. The number of carbonyl (C=O) groups excluding carboxylic acids is 1. The van der Waals surface area contributed by atoms with Gasteiger partial charge in [-0.15, -0.1) is 5.10 Å². The van der Waals surface area contributed by atoms with Crippen LogP contribution in [-0.2, 0) is 4.79 Å². The van der Waals surface area contributed by atoms with Gasteiger partial charge in [0, 0.05) is 4.47 Å². The molecule has 0 fully saturated rings. The van der Waals surface area contributed by atoms with Crippen LogP contribution in [0.15, 0.2) is 52.1 Å². The number of amides is 1. The Morgan fingerprint density at radius 1 is 1.32 bits per heavy atom. The number of halogens is 2. The van der Waals surface area contributed by atoms with Gasteiger partial charge >= 0.3 is 0 Å². The number of benzene rings is 2. The van der Waals surface area contributed by atoms with Crippen LogP contribution in [0.5, 0.6) is 0 Å². The molecule has 0 radical (unpaired) electrons. The molecule has 2 aromatic carbocycles. The van der Waals surface area contributed by atoms with E-state index in [2.05, 4.69) is 36.8 Å². The van der Waals surface area contributed by atoms with Gasteiger partial charge in [-0.2, -0.15) is 4.68 Å². The summed E-state index contributed by atoms with van der Waals surface area (Å²) in [5.41, 5.74) is 2.49. The third kappa shape index (κ3) is 4.39. The molecule has 0 unspecified atom stereocenters. The number of hydrogen-bond donors (Lipinski definition) is 1. The minimum Gasteiger partial charge on any atom is -0.324 e. The summed E-state index contributed by atoms with van der Waals surface area (Å²) < 4.78 is 2.47. The van der Waals surface area contributed by atoms with Gasteiger partial charge in [-0.25, -0.2) is 0 Å². The molecule has 0 aliphatic rings. The Labute approximate surface area is 162 Å². The maximum atomic E-state index is 12.2. The zero-order chi connectivity index (χ0) is 17.8. The van der Waals surface area contributed by atoms with Gasteiger partial charge < -0.3 is 5.32 Å². The van der Waals surface area contributed by atoms with Crippen LogP contribution in [0.4, 0.5) is 5.69 Å². The van der Waals surface area contributed by atoms with Crippen molar-refractivity contribution < 1.29 is 4.79 Å². The number of aryl methyl sites for hydroxylation is 1. The summed E-state index contributed by atoms with van der Waals surface area (Å²) >= 11 is 10.7. The molecule has 1 aromatic heterocycles. The van der Waals surface area contributed by atoms with Crippen molar-refractivity contribution in [2.45, 2.75) is 12.1 Å². The molecule has 1 heterocycles. The fourth-order valence-corrected chi connectivity index (χ4v) is 3.53. The number of carbonyl (C=O) groups is 1. The lowest BCUT2D eigenvalue weighted by Crippen LogP contribution is -2.15. The van der Waals surface area contributed by atoms with Crippen LogP contribution >= 0.6 is 39.3 Å². The average Bonchev–Trinajstić information content (AvgIpc) is 3.04. The van der Waals surface area contributed by atoms with E-state index in [0.29, 0.717) is 15.9 Å². The minimum atomic E-state index is -0.187. The molecule has 6 nitrogen and oxygen atoms in total. The van der Waals surface area contributed by atoms with Gasteiger partial charge in [-0.1, -0.05) is 57.5 Å². The van der Waals surface area contributed by atoms with E-state index in [1.54, 1.807) is 16.8 Å². The smallest absolute Gasteiger partial charge is 0.234 e. The Hall–Kier alpha value is -1.90. The molecular formula is C16H13BrClN5OS. The predicted octanol–water partition coefficient (Wildman–Crippen LogP) is 4.12. The first-order chi connectivity index (χ1) is 12.0. The molecule has 9 heteroatoms. The van der Waals surface area contributed by atoms with Crippen LogP contribution in [0.2, 0.25) is 5.02 Å². The van der Waals surface area contributed by atoms with Gasteiger partial charge in [0.25, 0.3) is 0 Å². The second-order valence-corrected chi connectivity index (χ2v) is 7.39.